The lowest BCUT2D eigenvalue weighted by Crippen LogP contribution is -2.37. The van der Waals surface area contributed by atoms with Gasteiger partial charge in [-0.25, -0.2) is 0 Å². The fourth-order valence-electron chi connectivity index (χ4n) is 1.36. The molecule has 1 aromatic rings. The maximum absolute atomic E-state index is 11.7. The zero-order valence-electron chi connectivity index (χ0n) is 9.34. The molecule has 4 nitrogen and oxygen atoms in total. The highest BCUT2D eigenvalue weighted by Crippen LogP contribution is 2.14. The van der Waals surface area contributed by atoms with Crippen LogP contribution >= 0.6 is 11.3 Å². The van der Waals surface area contributed by atoms with E-state index in [-0.39, 0.29) is 11.9 Å². The molecular formula is C11H15NO3S. The van der Waals surface area contributed by atoms with Crippen molar-refractivity contribution in [1.29, 1.82) is 0 Å². The number of nitrogens with zero attached hydrogens (tertiary/aromatic N) is 1. The second-order valence-corrected chi connectivity index (χ2v) is 4.80. The maximum Gasteiger partial charge on any atom is 0.312 e. The lowest BCUT2D eigenvalue weighted by Gasteiger charge is -2.25. The van der Waals surface area contributed by atoms with Crippen molar-refractivity contribution in [3.63, 3.8) is 0 Å². The first-order valence-corrected chi connectivity index (χ1v) is 5.92. The summed E-state index contributed by atoms with van der Waals surface area (Å²) in [6.07, 6.45) is -0.441. The van der Waals surface area contributed by atoms with Crippen LogP contribution in [0, 0.1) is 0 Å². The lowest BCUT2D eigenvalue weighted by atomic mass is 10.2. The van der Waals surface area contributed by atoms with Crippen molar-refractivity contribution in [2.75, 3.05) is 0 Å². The van der Waals surface area contributed by atoms with Crippen molar-refractivity contribution in [2.24, 2.45) is 0 Å². The standard InChI is InChI=1S/C11H15NO3S/c1-8(2)12(10(13)6-11(14)15)7-9-4-3-5-16-9/h3-5,8H,6-7H2,1-2H3,(H,14,15). The van der Waals surface area contributed by atoms with Gasteiger partial charge in [0.25, 0.3) is 0 Å². The molecule has 0 spiro atoms. The van der Waals surface area contributed by atoms with Gasteiger partial charge in [-0.3, -0.25) is 9.59 Å². The number of carbonyl (C=O) groups excluding carboxylic acids is 1. The van der Waals surface area contributed by atoms with Gasteiger partial charge in [0, 0.05) is 10.9 Å². The molecule has 0 atom stereocenters. The molecule has 5 heteroatoms. The molecule has 1 heterocycles. The van der Waals surface area contributed by atoms with Crippen molar-refractivity contribution in [2.45, 2.75) is 32.9 Å². The number of carboxylic acids is 1. The van der Waals surface area contributed by atoms with E-state index in [2.05, 4.69) is 0 Å². The Morgan fingerprint density at radius 2 is 2.19 bits per heavy atom. The molecule has 0 saturated carbocycles. The topological polar surface area (TPSA) is 57.6 Å². The second kappa shape index (κ2) is 5.65. The third-order valence-corrected chi connectivity index (χ3v) is 3.01. The van der Waals surface area contributed by atoms with Gasteiger partial charge >= 0.3 is 5.97 Å². The average molecular weight is 241 g/mol. The third-order valence-electron chi connectivity index (χ3n) is 2.15. The normalized spacial score (nSPS) is 10.4. The first kappa shape index (κ1) is 12.7. The second-order valence-electron chi connectivity index (χ2n) is 3.77. The van der Waals surface area contributed by atoms with Crippen molar-refractivity contribution >= 4 is 23.2 Å². The first-order valence-electron chi connectivity index (χ1n) is 5.04. The zero-order chi connectivity index (χ0) is 12.1. The number of aliphatic carboxylic acids is 1. The highest BCUT2D eigenvalue weighted by atomic mass is 32.1. The zero-order valence-corrected chi connectivity index (χ0v) is 10.2. The minimum absolute atomic E-state index is 0.00829. The summed E-state index contributed by atoms with van der Waals surface area (Å²) in [6, 6.07) is 3.86. The van der Waals surface area contributed by atoms with Gasteiger partial charge in [0.15, 0.2) is 0 Å². The van der Waals surface area contributed by atoms with Crippen LogP contribution in [-0.2, 0) is 16.1 Å². The van der Waals surface area contributed by atoms with Crippen LogP contribution < -0.4 is 0 Å². The summed E-state index contributed by atoms with van der Waals surface area (Å²) < 4.78 is 0. The Kier molecular flexibility index (Phi) is 4.49. The van der Waals surface area contributed by atoms with Crippen molar-refractivity contribution < 1.29 is 14.7 Å². The molecule has 1 aromatic heterocycles. The number of rotatable bonds is 5. The molecule has 0 aliphatic heterocycles. The van der Waals surface area contributed by atoms with Crippen LogP contribution in [0.4, 0.5) is 0 Å². The highest BCUT2D eigenvalue weighted by molar-refractivity contribution is 7.09. The van der Waals surface area contributed by atoms with E-state index in [1.807, 2.05) is 31.4 Å². The number of carboxylic acid groups (broad SMARTS) is 1. The fraction of sp³-hybridized carbons (Fsp3) is 0.455. The van der Waals surface area contributed by atoms with Gasteiger partial charge in [0.2, 0.25) is 5.91 Å². The van der Waals surface area contributed by atoms with E-state index in [1.165, 1.54) is 0 Å². The minimum atomic E-state index is -1.08. The van der Waals surface area contributed by atoms with Gasteiger partial charge in [-0.05, 0) is 25.3 Å². The molecule has 1 N–H and O–H groups in total. The van der Waals surface area contributed by atoms with E-state index in [0.29, 0.717) is 6.54 Å². The molecule has 0 unspecified atom stereocenters. The Balaban J connectivity index is 2.67. The van der Waals surface area contributed by atoms with Crippen molar-refractivity contribution in [3.8, 4) is 0 Å². The Bertz CT molecular complexity index is 359. The first-order chi connectivity index (χ1) is 7.50. The van der Waals surface area contributed by atoms with Crippen molar-refractivity contribution in [3.05, 3.63) is 22.4 Å². The molecule has 0 bridgehead atoms. The number of hydrogen-bond acceptors (Lipinski definition) is 3. The van der Waals surface area contributed by atoms with Gasteiger partial charge in [-0.1, -0.05) is 6.07 Å². The van der Waals surface area contributed by atoms with Gasteiger partial charge in [0.05, 0.1) is 6.54 Å². The Morgan fingerprint density at radius 3 is 2.62 bits per heavy atom. The van der Waals surface area contributed by atoms with Gasteiger partial charge in [-0.2, -0.15) is 0 Å². The van der Waals surface area contributed by atoms with Crippen LogP contribution in [-0.4, -0.2) is 27.9 Å². The Morgan fingerprint density at radius 1 is 1.50 bits per heavy atom. The van der Waals surface area contributed by atoms with Crippen LogP contribution in [0.1, 0.15) is 25.1 Å². The summed E-state index contributed by atoms with van der Waals surface area (Å²) in [5, 5.41) is 10.5. The van der Waals surface area contributed by atoms with E-state index in [4.69, 9.17) is 5.11 Å². The summed E-state index contributed by atoms with van der Waals surface area (Å²) in [7, 11) is 0. The SMILES string of the molecule is CC(C)N(Cc1cccs1)C(=O)CC(=O)O. The number of hydrogen-bond donors (Lipinski definition) is 1. The van der Waals surface area contributed by atoms with E-state index in [0.717, 1.165) is 4.88 Å². The maximum atomic E-state index is 11.7. The minimum Gasteiger partial charge on any atom is -0.481 e. The molecule has 1 rings (SSSR count). The molecule has 0 fully saturated rings. The van der Waals surface area contributed by atoms with Gasteiger partial charge in [-0.15, -0.1) is 11.3 Å². The van der Waals surface area contributed by atoms with Crippen LogP contribution in [0.5, 0.6) is 0 Å². The molecular weight excluding hydrogens is 226 g/mol. The monoisotopic (exact) mass is 241 g/mol. The van der Waals surface area contributed by atoms with E-state index in [1.54, 1.807) is 16.2 Å². The Hall–Kier alpha value is -1.36. The third kappa shape index (κ3) is 3.66. The molecule has 0 aromatic carbocycles. The largest absolute Gasteiger partial charge is 0.481 e. The van der Waals surface area contributed by atoms with Crippen molar-refractivity contribution in [1.82, 2.24) is 4.90 Å². The predicted molar refractivity (Wildman–Crippen MR) is 62.3 cm³/mol. The van der Waals surface area contributed by atoms with E-state index < -0.39 is 12.4 Å². The molecule has 88 valence electrons. The predicted octanol–water partition coefficient (Wildman–Crippen LogP) is 1.96. The molecule has 1 amide bonds. The van der Waals surface area contributed by atoms with E-state index in [9.17, 15) is 9.59 Å². The Labute approximate surface area is 98.5 Å². The van der Waals surface area contributed by atoms with Crippen LogP contribution in [0.25, 0.3) is 0 Å². The van der Waals surface area contributed by atoms with Crippen LogP contribution in [0.3, 0.4) is 0 Å². The summed E-state index contributed by atoms with van der Waals surface area (Å²) in [4.78, 5) is 24.8. The van der Waals surface area contributed by atoms with Gasteiger partial charge < -0.3 is 10.0 Å². The quantitative estimate of drug-likeness (QED) is 0.802. The number of carbonyl (C=O) groups is 2. The summed E-state index contributed by atoms with van der Waals surface area (Å²) >= 11 is 1.56. The number of amides is 1. The average Bonchev–Trinajstić information content (AvgIpc) is 2.64. The molecule has 0 aliphatic rings. The summed E-state index contributed by atoms with van der Waals surface area (Å²) in [5.41, 5.74) is 0. The fourth-order valence-corrected chi connectivity index (χ4v) is 2.06. The summed E-state index contributed by atoms with van der Waals surface area (Å²) in [6.45, 7) is 4.25. The molecule has 0 radical (unpaired) electrons. The van der Waals surface area contributed by atoms with E-state index >= 15 is 0 Å². The lowest BCUT2D eigenvalue weighted by molar-refractivity contribution is -0.145. The van der Waals surface area contributed by atoms with Crippen LogP contribution in [0.15, 0.2) is 17.5 Å². The molecule has 0 aliphatic carbocycles. The molecule has 0 saturated heterocycles. The summed E-state index contributed by atoms with van der Waals surface area (Å²) in [5.74, 6) is -1.42. The smallest absolute Gasteiger partial charge is 0.312 e. The number of thiophene rings is 1. The van der Waals surface area contributed by atoms with Crippen LogP contribution in [0.2, 0.25) is 0 Å². The van der Waals surface area contributed by atoms with Gasteiger partial charge in [0.1, 0.15) is 6.42 Å². The highest BCUT2D eigenvalue weighted by Gasteiger charge is 2.19. The molecule has 16 heavy (non-hydrogen) atoms.